The summed E-state index contributed by atoms with van der Waals surface area (Å²) in [5, 5.41) is 4.18. The molecule has 3 nitrogen and oxygen atoms in total. The third kappa shape index (κ3) is 2.37. The van der Waals surface area contributed by atoms with Crippen LogP contribution in [0.2, 0.25) is 5.02 Å². The van der Waals surface area contributed by atoms with Crippen LogP contribution in [0.25, 0.3) is 0 Å². The molecule has 1 aromatic rings. The molecule has 12 heavy (non-hydrogen) atoms. The first-order chi connectivity index (χ1) is 5.38. The normalized spacial score (nSPS) is 12.0. The molecule has 0 spiro atoms. The zero-order valence-electron chi connectivity index (χ0n) is 7.01. The number of rotatable bonds is 2. The lowest BCUT2D eigenvalue weighted by Crippen LogP contribution is -2.21. The molecule has 0 radical (unpaired) electrons. The Balaban J connectivity index is 2.77. The van der Waals surface area contributed by atoms with Crippen molar-refractivity contribution < 1.29 is 4.39 Å². The number of nitrogens with zero attached hydrogens (tertiary/aromatic N) is 2. The van der Waals surface area contributed by atoms with E-state index >= 15 is 0 Å². The number of halogens is 2. The summed E-state index contributed by atoms with van der Waals surface area (Å²) in [7, 11) is 0. The fraction of sp³-hybridized carbons (Fsp3) is 0.571. The van der Waals surface area contributed by atoms with Gasteiger partial charge in [-0.3, -0.25) is 4.68 Å². The predicted molar refractivity (Wildman–Crippen MR) is 46.8 cm³/mol. The molecule has 1 aromatic heterocycles. The molecule has 0 atom stereocenters. The third-order valence-electron chi connectivity index (χ3n) is 1.28. The van der Waals surface area contributed by atoms with Crippen LogP contribution in [-0.4, -0.2) is 15.4 Å². The zero-order chi connectivity index (χ0) is 9.35. The number of alkyl halides is 1. The van der Waals surface area contributed by atoms with E-state index in [1.54, 1.807) is 0 Å². The summed E-state index contributed by atoms with van der Waals surface area (Å²) in [6.45, 7) is 3.10. The van der Waals surface area contributed by atoms with Crippen molar-refractivity contribution in [2.75, 3.05) is 5.73 Å². The van der Waals surface area contributed by atoms with E-state index in [0.29, 0.717) is 5.02 Å². The van der Waals surface area contributed by atoms with Gasteiger partial charge in [-0.1, -0.05) is 11.6 Å². The molecule has 1 rings (SSSR count). The first-order valence-corrected chi connectivity index (χ1v) is 3.93. The number of anilines is 1. The molecule has 0 unspecified atom stereocenters. The van der Waals surface area contributed by atoms with E-state index < -0.39 is 5.67 Å². The van der Waals surface area contributed by atoms with Gasteiger partial charge >= 0.3 is 0 Å². The molecular weight excluding hydrogens is 181 g/mol. The third-order valence-corrected chi connectivity index (χ3v) is 1.57. The van der Waals surface area contributed by atoms with E-state index in [9.17, 15) is 4.39 Å². The summed E-state index contributed by atoms with van der Waals surface area (Å²) < 4.78 is 14.5. The fourth-order valence-electron chi connectivity index (χ4n) is 0.878. The fourth-order valence-corrected chi connectivity index (χ4v) is 1.03. The average Bonchev–Trinajstić information content (AvgIpc) is 2.07. The van der Waals surface area contributed by atoms with Crippen molar-refractivity contribution in [2.24, 2.45) is 0 Å². The monoisotopic (exact) mass is 191 g/mol. The second-order valence-corrected chi connectivity index (χ2v) is 3.69. The van der Waals surface area contributed by atoms with Crippen LogP contribution >= 0.6 is 11.6 Å². The van der Waals surface area contributed by atoms with Crippen molar-refractivity contribution in [1.82, 2.24) is 9.78 Å². The Morgan fingerprint density at radius 2 is 2.33 bits per heavy atom. The van der Waals surface area contributed by atoms with Crippen LogP contribution in [0.5, 0.6) is 0 Å². The number of aromatic nitrogens is 2. The van der Waals surface area contributed by atoms with Gasteiger partial charge in [0.2, 0.25) is 0 Å². The van der Waals surface area contributed by atoms with E-state index in [0.717, 1.165) is 0 Å². The molecule has 0 aliphatic heterocycles. The second-order valence-electron chi connectivity index (χ2n) is 3.28. The molecule has 0 saturated carbocycles. The molecular formula is C7H11ClFN3. The Hall–Kier alpha value is -0.770. The van der Waals surface area contributed by atoms with Crippen molar-refractivity contribution in [3.8, 4) is 0 Å². The minimum absolute atomic E-state index is 0.157. The molecule has 0 saturated heterocycles. The van der Waals surface area contributed by atoms with Crippen LogP contribution in [0.1, 0.15) is 13.8 Å². The van der Waals surface area contributed by atoms with Crippen molar-refractivity contribution in [2.45, 2.75) is 26.1 Å². The minimum Gasteiger partial charge on any atom is -0.381 e. The first-order valence-electron chi connectivity index (χ1n) is 3.56. The molecule has 68 valence electrons. The Labute approximate surface area is 75.3 Å². The number of nitrogens with two attached hydrogens (primary N) is 1. The Morgan fingerprint density at radius 3 is 2.67 bits per heavy atom. The molecule has 2 N–H and O–H groups in total. The number of hydrogen-bond donors (Lipinski definition) is 1. The van der Waals surface area contributed by atoms with E-state index in [-0.39, 0.29) is 12.4 Å². The summed E-state index contributed by atoms with van der Waals surface area (Å²) in [5.74, 6) is 0.237. The van der Waals surface area contributed by atoms with E-state index in [1.165, 1.54) is 24.7 Å². The maximum atomic E-state index is 13.1. The standard InChI is InChI=1S/C7H11ClFN3/c1-7(2,9)4-12-3-5(8)6(10)11-12/h3H,4H2,1-2H3,(H2,10,11). The first kappa shape index (κ1) is 9.32. The van der Waals surface area contributed by atoms with Gasteiger partial charge in [0.05, 0.1) is 6.54 Å². The van der Waals surface area contributed by atoms with Crippen molar-refractivity contribution in [3.63, 3.8) is 0 Å². The highest BCUT2D eigenvalue weighted by molar-refractivity contribution is 6.32. The lowest BCUT2D eigenvalue weighted by Gasteiger charge is -2.12. The molecule has 0 bridgehead atoms. The van der Waals surface area contributed by atoms with Gasteiger partial charge in [0, 0.05) is 6.20 Å². The van der Waals surface area contributed by atoms with Crippen molar-refractivity contribution in [1.29, 1.82) is 0 Å². The summed E-state index contributed by atoms with van der Waals surface area (Å²) in [6, 6.07) is 0. The minimum atomic E-state index is -1.30. The summed E-state index contributed by atoms with van der Waals surface area (Å²) in [6.07, 6.45) is 1.51. The molecule has 0 aliphatic rings. The zero-order valence-corrected chi connectivity index (χ0v) is 7.77. The topological polar surface area (TPSA) is 43.8 Å². The number of hydrogen-bond acceptors (Lipinski definition) is 2. The highest BCUT2D eigenvalue weighted by atomic mass is 35.5. The SMILES string of the molecule is CC(C)(F)Cn1cc(Cl)c(N)n1. The van der Waals surface area contributed by atoms with Crippen molar-refractivity contribution >= 4 is 17.4 Å². The Morgan fingerprint density at radius 1 is 1.75 bits per heavy atom. The lowest BCUT2D eigenvalue weighted by atomic mass is 10.2. The van der Waals surface area contributed by atoms with E-state index in [4.69, 9.17) is 17.3 Å². The van der Waals surface area contributed by atoms with Gasteiger partial charge in [-0.05, 0) is 13.8 Å². The highest BCUT2D eigenvalue weighted by Gasteiger charge is 2.17. The van der Waals surface area contributed by atoms with Gasteiger partial charge in [0.25, 0.3) is 0 Å². The maximum Gasteiger partial charge on any atom is 0.164 e. The number of nitrogen functional groups attached to an aromatic ring is 1. The van der Waals surface area contributed by atoms with Crippen LogP contribution in [-0.2, 0) is 6.54 Å². The molecule has 0 aromatic carbocycles. The molecule has 5 heteroatoms. The van der Waals surface area contributed by atoms with Gasteiger partial charge < -0.3 is 5.73 Å². The van der Waals surface area contributed by atoms with Crippen LogP contribution in [0, 0.1) is 0 Å². The van der Waals surface area contributed by atoms with Crippen LogP contribution < -0.4 is 5.73 Å². The smallest absolute Gasteiger partial charge is 0.164 e. The second kappa shape index (κ2) is 2.94. The summed E-state index contributed by atoms with van der Waals surface area (Å²) in [5.41, 5.74) is 4.07. The summed E-state index contributed by atoms with van der Waals surface area (Å²) in [4.78, 5) is 0. The molecule has 1 heterocycles. The van der Waals surface area contributed by atoms with Crippen LogP contribution in [0.4, 0.5) is 10.2 Å². The quantitative estimate of drug-likeness (QED) is 0.776. The Kier molecular flexibility index (Phi) is 2.28. The lowest BCUT2D eigenvalue weighted by molar-refractivity contribution is 0.179. The van der Waals surface area contributed by atoms with Crippen molar-refractivity contribution in [3.05, 3.63) is 11.2 Å². The van der Waals surface area contributed by atoms with Gasteiger partial charge in [0.15, 0.2) is 5.82 Å². The maximum absolute atomic E-state index is 13.1. The molecule has 0 amide bonds. The largest absolute Gasteiger partial charge is 0.381 e. The molecule has 0 aliphatic carbocycles. The predicted octanol–water partition coefficient (Wildman–Crippen LogP) is 1.87. The van der Waals surface area contributed by atoms with Gasteiger partial charge in [0.1, 0.15) is 10.7 Å². The molecule has 0 fully saturated rings. The van der Waals surface area contributed by atoms with Gasteiger partial charge in [-0.2, -0.15) is 5.10 Å². The van der Waals surface area contributed by atoms with Crippen LogP contribution in [0.3, 0.4) is 0 Å². The van der Waals surface area contributed by atoms with Gasteiger partial charge in [-0.15, -0.1) is 0 Å². The average molecular weight is 192 g/mol. The van der Waals surface area contributed by atoms with Gasteiger partial charge in [-0.25, -0.2) is 4.39 Å². The summed E-state index contributed by atoms with van der Waals surface area (Å²) >= 11 is 5.63. The highest BCUT2D eigenvalue weighted by Crippen LogP contribution is 2.18. The van der Waals surface area contributed by atoms with E-state index in [1.807, 2.05) is 0 Å². The Bertz CT molecular complexity index is 257. The van der Waals surface area contributed by atoms with E-state index in [2.05, 4.69) is 5.10 Å². The van der Waals surface area contributed by atoms with Crippen LogP contribution in [0.15, 0.2) is 6.20 Å².